The van der Waals surface area contributed by atoms with E-state index in [1.807, 2.05) is 0 Å². The van der Waals surface area contributed by atoms with E-state index in [0.717, 1.165) is 18.4 Å². The van der Waals surface area contributed by atoms with E-state index in [1.165, 1.54) is 25.7 Å². The van der Waals surface area contributed by atoms with Crippen molar-refractivity contribution < 1.29 is 4.43 Å². The second-order valence-electron chi connectivity index (χ2n) is 5.55. The molecule has 0 aromatic rings. The van der Waals surface area contributed by atoms with Crippen molar-refractivity contribution in [2.75, 3.05) is 6.61 Å². The topological polar surface area (TPSA) is 9.23 Å². The highest BCUT2D eigenvalue weighted by atomic mass is 28.4. The highest BCUT2D eigenvalue weighted by Crippen LogP contribution is 2.28. The smallest absolute Gasteiger partial charge is 0.183 e. The molecule has 0 radical (unpaired) electrons. The molecule has 2 heteroatoms. The molecule has 1 aliphatic carbocycles. The molecule has 0 aliphatic heterocycles. The molecule has 0 saturated heterocycles. The molecular formula is C11H24OSi. The Morgan fingerprint density at radius 3 is 2.08 bits per heavy atom. The minimum Gasteiger partial charge on any atom is -0.417 e. The molecule has 0 unspecified atom stereocenters. The van der Waals surface area contributed by atoms with Crippen molar-refractivity contribution in [1.29, 1.82) is 0 Å². The van der Waals surface area contributed by atoms with Gasteiger partial charge in [0.2, 0.25) is 0 Å². The van der Waals surface area contributed by atoms with E-state index in [0.29, 0.717) is 0 Å². The van der Waals surface area contributed by atoms with E-state index < -0.39 is 8.32 Å². The molecule has 1 nitrogen and oxygen atoms in total. The van der Waals surface area contributed by atoms with E-state index in [1.54, 1.807) is 0 Å². The van der Waals surface area contributed by atoms with Crippen molar-refractivity contribution in [3.63, 3.8) is 0 Å². The minimum atomic E-state index is -1.26. The molecule has 0 N–H and O–H groups in total. The van der Waals surface area contributed by atoms with E-state index in [4.69, 9.17) is 4.43 Å². The SMILES string of the molecule is CC1CCC(CO[Si](C)(C)C)CC1. The molecule has 0 spiro atoms. The van der Waals surface area contributed by atoms with Gasteiger partial charge >= 0.3 is 0 Å². The standard InChI is InChI=1S/C11H24OSi/c1-10-5-7-11(8-6-10)9-12-13(2,3)4/h10-11H,5-9H2,1-4H3. The number of hydrogen-bond donors (Lipinski definition) is 0. The summed E-state index contributed by atoms with van der Waals surface area (Å²) in [6.07, 6.45) is 5.62. The lowest BCUT2D eigenvalue weighted by atomic mass is 9.83. The van der Waals surface area contributed by atoms with Gasteiger partial charge in [0.25, 0.3) is 0 Å². The second-order valence-corrected chi connectivity index (χ2v) is 10.1. The van der Waals surface area contributed by atoms with Gasteiger partial charge in [0.05, 0.1) is 0 Å². The van der Waals surface area contributed by atoms with E-state index in [-0.39, 0.29) is 0 Å². The van der Waals surface area contributed by atoms with Crippen LogP contribution in [0, 0.1) is 11.8 Å². The Kier molecular flexibility index (Phi) is 3.99. The minimum absolute atomic E-state index is 0.864. The number of rotatable bonds is 3. The lowest BCUT2D eigenvalue weighted by Gasteiger charge is -2.28. The van der Waals surface area contributed by atoms with Crippen LogP contribution in [-0.2, 0) is 4.43 Å². The van der Waals surface area contributed by atoms with Gasteiger partial charge in [0.1, 0.15) is 0 Å². The van der Waals surface area contributed by atoms with Crippen LogP contribution in [0.1, 0.15) is 32.6 Å². The molecule has 1 fully saturated rings. The van der Waals surface area contributed by atoms with Gasteiger partial charge in [-0.25, -0.2) is 0 Å². The van der Waals surface area contributed by atoms with E-state index in [2.05, 4.69) is 26.6 Å². The zero-order valence-electron chi connectivity index (χ0n) is 9.60. The van der Waals surface area contributed by atoms with Crippen molar-refractivity contribution in [3.8, 4) is 0 Å². The van der Waals surface area contributed by atoms with Crippen LogP contribution in [0.3, 0.4) is 0 Å². The van der Waals surface area contributed by atoms with Crippen molar-refractivity contribution in [2.24, 2.45) is 11.8 Å². The fraction of sp³-hybridized carbons (Fsp3) is 1.00. The lowest BCUT2D eigenvalue weighted by Crippen LogP contribution is -2.29. The fourth-order valence-electron chi connectivity index (χ4n) is 1.86. The van der Waals surface area contributed by atoms with Gasteiger partial charge in [-0.15, -0.1) is 0 Å². The average Bonchev–Trinajstić information content (AvgIpc) is 2.02. The summed E-state index contributed by atoms with van der Waals surface area (Å²) in [6, 6.07) is 0. The maximum atomic E-state index is 5.94. The Bertz CT molecular complexity index is 143. The van der Waals surface area contributed by atoms with Gasteiger partial charge in [-0.3, -0.25) is 0 Å². The van der Waals surface area contributed by atoms with Crippen LogP contribution >= 0.6 is 0 Å². The van der Waals surface area contributed by atoms with Crippen molar-refractivity contribution in [1.82, 2.24) is 0 Å². The third kappa shape index (κ3) is 4.82. The molecule has 0 heterocycles. The van der Waals surface area contributed by atoms with Crippen LogP contribution in [0.25, 0.3) is 0 Å². The van der Waals surface area contributed by atoms with Crippen LogP contribution in [0.4, 0.5) is 0 Å². The summed E-state index contributed by atoms with van der Waals surface area (Å²) in [5.41, 5.74) is 0. The molecule has 0 aromatic heterocycles. The Morgan fingerprint density at radius 1 is 1.08 bits per heavy atom. The molecule has 1 rings (SSSR count). The Hall–Kier alpha value is 0.177. The largest absolute Gasteiger partial charge is 0.417 e. The first kappa shape index (κ1) is 11.3. The van der Waals surface area contributed by atoms with Crippen molar-refractivity contribution in [3.05, 3.63) is 0 Å². The fourth-order valence-corrected chi connectivity index (χ4v) is 2.60. The summed E-state index contributed by atoms with van der Waals surface area (Å²) >= 11 is 0. The van der Waals surface area contributed by atoms with Crippen LogP contribution in [0.15, 0.2) is 0 Å². The molecule has 0 bridgehead atoms. The van der Waals surface area contributed by atoms with Gasteiger partial charge in [-0.1, -0.05) is 19.8 Å². The Labute approximate surface area is 84.0 Å². The van der Waals surface area contributed by atoms with Crippen LogP contribution < -0.4 is 0 Å². The molecule has 0 aromatic carbocycles. The van der Waals surface area contributed by atoms with Gasteiger partial charge < -0.3 is 4.43 Å². The summed E-state index contributed by atoms with van der Waals surface area (Å²) in [4.78, 5) is 0. The number of hydrogen-bond acceptors (Lipinski definition) is 1. The lowest BCUT2D eigenvalue weighted by molar-refractivity contribution is 0.183. The molecule has 0 atom stereocenters. The maximum absolute atomic E-state index is 5.94. The summed E-state index contributed by atoms with van der Waals surface area (Å²) in [7, 11) is -1.26. The zero-order valence-corrected chi connectivity index (χ0v) is 10.6. The summed E-state index contributed by atoms with van der Waals surface area (Å²) in [5.74, 6) is 1.83. The summed E-state index contributed by atoms with van der Waals surface area (Å²) < 4.78 is 5.94. The van der Waals surface area contributed by atoms with Crippen LogP contribution in [0.2, 0.25) is 19.6 Å². The first-order valence-electron chi connectivity index (χ1n) is 5.61. The van der Waals surface area contributed by atoms with Crippen molar-refractivity contribution in [2.45, 2.75) is 52.2 Å². The monoisotopic (exact) mass is 200 g/mol. The van der Waals surface area contributed by atoms with Gasteiger partial charge in [0.15, 0.2) is 8.32 Å². The van der Waals surface area contributed by atoms with Gasteiger partial charge in [-0.05, 0) is 44.3 Å². The highest BCUT2D eigenvalue weighted by molar-refractivity contribution is 6.69. The Balaban J connectivity index is 2.16. The zero-order chi connectivity index (χ0) is 9.90. The second kappa shape index (κ2) is 4.60. The van der Waals surface area contributed by atoms with Crippen LogP contribution in [-0.4, -0.2) is 14.9 Å². The quantitative estimate of drug-likeness (QED) is 0.632. The molecule has 78 valence electrons. The summed E-state index contributed by atoms with van der Waals surface area (Å²) in [5, 5.41) is 0. The van der Waals surface area contributed by atoms with Gasteiger partial charge in [-0.2, -0.15) is 0 Å². The van der Waals surface area contributed by atoms with Crippen LogP contribution in [0.5, 0.6) is 0 Å². The predicted molar refractivity (Wildman–Crippen MR) is 60.4 cm³/mol. The molecule has 1 saturated carbocycles. The third-order valence-corrected chi connectivity index (χ3v) is 3.92. The first-order valence-corrected chi connectivity index (χ1v) is 9.02. The highest BCUT2D eigenvalue weighted by Gasteiger charge is 2.21. The molecule has 1 aliphatic rings. The normalized spacial score (nSPS) is 30.5. The molecule has 0 amide bonds. The average molecular weight is 200 g/mol. The summed E-state index contributed by atoms with van der Waals surface area (Å²) in [6.45, 7) is 10.2. The Morgan fingerprint density at radius 2 is 1.62 bits per heavy atom. The first-order chi connectivity index (χ1) is 5.97. The van der Waals surface area contributed by atoms with E-state index in [9.17, 15) is 0 Å². The predicted octanol–water partition coefficient (Wildman–Crippen LogP) is 3.66. The molecule has 13 heavy (non-hydrogen) atoms. The molecular weight excluding hydrogens is 176 g/mol. The van der Waals surface area contributed by atoms with Crippen molar-refractivity contribution >= 4 is 8.32 Å². The van der Waals surface area contributed by atoms with E-state index >= 15 is 0 Å². The maximum Gasteiger partial charge on any atom is 0.183 e. The van der Waals surface area contributed by atoms with Gasteiger partial charge in [0, 0.05) is 6.61 Å². The third-order valence-electron chi connectivity index (χ3n) is 2.89.